The van der Waals surface area contributed by atoms with Gasteiger partial charge in [-0.05, 0) is 38.8 Å². The van der Waals surface area contributed by atoms with Gasteiger partial charge in [-0.2, -0.15) is 0 Å². The Labute approximate surface area is 142 Å². The van der Waals surface area contributed by atoms with E-state index < -0.39 is 0 Å². The van der Waals surface area contributed by atoms with E-state index in [9.17, 15) is 4.79 Å². The zero-order valence-corrected chi connectivity index (χ0v) is 14.7. The lowest BCUT2D eigenvalue weighted by Crippen LogP contribution is -2.50. The minimum atomic E-state index is -0.125. The van der Waals surface area contributed by atoms with Gasteiger partial charge in [0.1, 0.15) is 5.76 Å². The third-order valence-corrected chi connectivity index (χ3v) is 4.38. The summed E-state index contributed by atoms with van der Waals surface area (Å²) in [4.78, 5) is 16.5. The van der Waals surface area contributed by atoms with Crippen LogP contribution in [-0.2, 0) is 0 Å². The molecule has 2 heterocycles. The molecule has 128 valence electrons. The number of rotatable bonds is 2. The molecule has 0 radical (unpaired) electrons. The highest BCUT2D eigenvalue weighted by Gasteiger charge is 2.23. The summed E-state index contributed by atoms with van der Waals surface area (Å²) in [7, 11) is 0. The second-order valence-electron chi connectivity index (χ2n) is 6.47. The maximum Gasteiger partial charge on any atom is 0.323 e. The van der Waals surface area contributed by atoms with Crippen LogP contribution in [0.15, 0.2) is 22.7 Å². The van der Waals surface area contributed by atoms with E-state index >= 15 is 0 Å². The number of nitrogens with zero attached hydrogens (tertiary/aromatic N) is 3. The predicted molar refractivity (Wildman–Crippen MR) is 94.7 cm³/mol. The molecule has 1 N–H and O–H groups in total. The molecule has 2 amide bonds. The number of carbonyl (C=O) groups excluding carboxylic acids is 1. The van der Waals surface area contributed by atoms with Gasteiger partial charge in [-0.3, -0.25) is 5.32 Å². The Morgan fingerprint density at radius 2 is 1.67 bits per heavy atom. The first-order valence-corrected chi connectivity index (χ1v) is 8.26. The number of carbonyl (C=O) groups is 1. The second-order valence-corrected chi connectivity index (χ2v) is 6.47. The van der Waals surface area contributed by atoms with Crippen LogP contribution in [0.25, 0.3) is 0 Å². The van der Waals surface area contributed by atoms with Gasteiger partial charge in [-0.15, -0.1) is 0 Å². The highest BCUT2D eigenvalue weighted by atomic mass is 16.5. The molecule has 0 spiro atoms. The molecule has 2 aromatic rings. The zero-order valence-electron chi connectivity index (χ0n) is 14.7. The summed E-state index contributed by atoms with van der Waals surface area (Å²) < 4.78 is 4.97. The van der Waals surface area contributed by atoms with E-state index in [0.29, 0.717) is 24.7 Å². The SMILES string of the molecule is Cc1cc(C)c(N2CCN(C(=O)Nc3cc(C)on3)CC2)c(C)c1. The Hall–Kier alpha value is -2.50. The first kappa shape index (κ1) is 16.4. The number of aromatic nitrogens is 1. The van der Waals surface area contributed by atoms with Gasteiger partial charge in [0, 0.05) is 37.9 Å². The molecule has 1 fully saturated rings. The number of amides is 2. The number of urea groups is 1. The lowest BCUT2D eigenvalue weighted by atomic mass is 10.0. The van der Waals surface area contributed by atoms with Crippen LogP contribution >= 0.6 is 0 Å². The van der Waals surface area contributed by atoms with Gasteiger partial charge < -0.3 is 14.3 Å². The van der Waals surface area contributed by atoms with Crippen LogP contribution in [0.4, 0.5) is 16.3 Å². The fourth-order valence-corrected chi connectivity index (χ4v) is 3.42. The molecule has 1 saturated heterocycles. The monoisotopic (exact) mass is 328 g/mol. The third kappa shape index (κ3) is 3.37. The summed E-state index contributed by atoms with van der Waals surface area (Å²) in [6.45, 7) is 11.3. The summed E-state index contributed by atoms with van der Waals surface area (Å²) in [5, 5.41) is 6.58. The smallest absolute Gasteiger partial charge is 0.323 e. The number of nitrogens with one attached hydrogen (secondary N) is 1. The van der Waals surface area contributed by atoms with E-state index in [1.807, 2.05) is 4.90 Å². The van der Waals surface area contributed by atoms with Crippen molar-refractivity contribution in [2.75, 3.05) is 36.4 Å². The average molecular weight is 328 g/mol. The number of aryl methyl sites for hydroxylation is 4. The van der Waals surface area contributed by atoms with Crippen LogP contribution in [0, 0.1) is 27.7 Å². The highest BCUT2D eigenvalue weighted by molar-refractivity contribution is 5.88. The summed E-state index contributed by atoms with van der Waals surface area (Å²) in [5.41, 5.74) is 5.18. The van der Waals surface area contributed by atoms with Crippen molar-refractivity contribution in [2.24, 2.45) is 0 Å². The van der Waals surface area contributed by atoms with E-state index in [0.717, 1.165) is 13.1 Å². The van der Waals surface area contributed by atoms with Crippen molar-refractivity contribution >= 4 is 17.5 Å². The van der Waals surface area contributed by atoms with Gasteiger partial charge in [-0.25, -0.2) is 4.79 Å². The molecule has 1 aliphatic heterocycles. The molecule has 1 aliphatic rings. The normalized spacial score (nSPS) is 14.8. The molecule has 0 bridgehead atoms. The van der Waals surface area contributed by atoms with Crippen molar-refractivity contribution in [1.82, 2.24) is 10.1 Å². The molecule has 0 aliphatic carbocycles. The summed E-state index contributed by atoms with van der Waals surface area (Å²) in [6.07, 6.45) is 0. The summed E-state index contributed by atoms with van der Waals surface area (Å²) in [5.74, 6) is 1.14. The molecule has 6 heteroatoms. The minimum absolute atomic E-state index is 0.125. The van der Waals surface area contributed by atoms with E-state index in [1.165, 1.54) is 22.4 Å². The average Bonchev–Trinajstić information content (AvgIpc) is 2.92. The molecule has 0 atom stereocenters. The molecule has 1 aromatic carbocycles. The van der Waals surface area contributed by atoms with Crippen molar-refractivity contribution in [1.29, 1.82) is 0 Å². The Balaban J connectivity index is 1.62. The number of hydrogen-bond donors (Lipinski definition) is 1. The molecule has 6 nitrogen and oxygen atoms in total. The Kier molecular flexibility index (Phi) is 4.46. The van der Waals surface area contributed by atoms with Gasteiger partial charge in [0.05, 0.1) is 0 Å². The lowest BCUT2D eigenvalue weighted by Gasteiger charge is -2.37. The quantitative estimate of drug-likeness (QED) is 0.919. The first-order valence-electron chi connectivity index (χ1n) is 8.26. The van der Waals surface area contributed by atoms with E-state index in [4.69, 9.17) is 4.52 Å². The Morgan fingerprint density at radius 3 is 2.21 bits per heavy atom. The van der Waals surface area contributed by atoms with Gasteiger partial charge >= 0.3 is 6.03 Å². The second kappa shape index (κ2) is 6.55. The highest BCUT2D eigenvalue weighted by Crippen LogP contribution is 2.27. The molecule has 3 rings (SSSR count). The van der Waals surface area contributed by atoms with Crippen molar-refractivity contribution in [3.05, 3.63) is 40.6 Å². The fourth-order valence-electron chi connectivity index (χ4n) is 3.42. The third-order valence-electron chi connectivity index (χ3n) is 4.38. The number of piperazine rings is 1. The van der Waals surface area contributed by atoms with Crippen molar-refractivity contribution < 1.29 is 9.32 Å². The van der Waals surface area contributed by atoms with Crippen LogP contribution < -0.4 is 10.2 Å². The maximum atomic E-state index is 12.3. The number of hydrogen-bond acceptors (Lipinski definition) is 4. The molecular formula is C18H24N4O2. The Bertz CT molecular complexity index is 722. The van der Waals surface area contributed by atoms with Crippen LogP contribution in [0.5, 0.6) is 0 Å². The van der Waals surface area contributed by atoms with Gasteiger partial charge in [-0.1, -0.05) is 22.9 Å². The van der Waals surface area contributed by atoms with Gasteiger partial charge in [0.15, 0.2) is 5.82 Å². The first-order chi connectivity index (χ1) is 11.4. The number of anilines is 2. The standard InChI is InChI=1S/C18H24N4O2/c1-12-9-13(2)17(14(3)10-12)21-5-7-22(8-6-21)18(23)19-16-11-15(4)24-20-16/h9-11H,5-8H2,1-4H3,(H,19,20,23). The largest absolute Gasteiger partial charge is 0.368 e. The van der Waals surface area contributed by atoms with Crippen molar-refractivity contribution in [2.45, 2.75) is 27.7 Å². The molecule has 24 heavy (non-hydrogen) atoms. The van der Waals surface area contributed by atoms with E-state index in [2.05, 4.69) is 48.3 Å². The van der Waals surface area contributed by atoms with Crippen molar-refractivity contribution in [3.63, 3.8) is 0 Å². The predicted octanol–water partition coefficient (Wildman–Crippen LogP) is 3.26. The van der Waals surface area contributed by atoms with Crippen LogP contribution in [0.3, 0.4) is 0 Å². The summed E-state index contributed by atoms with van der Waals surface area (Å²) in [6, 6.07) is 6.02. The minimum Gasteiger partial charge on any atom is -0.368 e. The number of benzene rings is 1. The maximum absolute atomic E-state index is 12.3. The molecular weight excluding hydrogens is 304 g/mol. The molecule has 1 aromatic heterocycles. The van der Waals surface area contributed by atoms with Gasteiger partial charge in [0.25, 0.3) is 0 Å². The van der Waals surface area contributed by atoms with Crippen LogP contribution in [-0.4, -0.2) is 42.3 Å². The zero-order chi connectivity index (χ0) is 17.3. The van der Waals surface area contributed by atoms with Crippen LogP contribution in [0.1, 0.15) is 22.5 Å². The van der Waals surface area contributed by atoms with Gasteiger partial charge in [0.2, 0.25) is 0 Å². The van der Waals surface area contributed by atoms with E-state index in [-0.39, 0.29) is 6.03 Å². The molecule has 0 saturated carbocycles. The fraction of sp³-hybridized carbons (Fsp3) is 0.444. The van der Waals surface area contributed by atoms with E-state index in [1.54, 1.807) is 13.0 Å². The topological polar surface area (TPSA) is 61.6 Å². The Morgan fingerprint density at radius 1 is 1.04 bits per heavy atom. The van der Waals surface area contributed by atoms with Crippen molar-refractivity contribution in [3.8, 4) is 0 Å². The lowest BCUT2D eigenvalue weighted by molar-refractivity contribution is 0.208. The molecule has 0 unspecified atom stereocenters. The van der Waals surface area contributed by atoms with Crippen LogP contribution in [0.2, 0.25) is 0 Å². The summed E-state index contributed by atoms with van der Waals surface area (Å²) >= 11 is 0.